The number of aliphatic hydroxyl groups excluding tert-OH is 2. The Morgan fingerprint density at radius 2 is 1.62 bits per heavy atom. The molecule has 0 spiro atoms. The highest BCUT2D eigenvalue weighted by Crippen LogP contribution is 2.53. The molecule has 0 aliphatic carbocycles. The molecule has 27 heteroatoms. The fraction of sp³-hybridized carbons (Fsp3) is 0.586. The summed E-state index contributed by atoms with van der Waals surface area (Å²) in [6.07, 6.45) is 2.17. The third-order valence-corrected chi connectivity index (χ3v) is 10.1. The van der Waals surface area contributed by atoms with E-state index >= 15 is 0 Å². The van der Waals surface area contributed by atoms with Gasteiger partial charge in [0, 0.05) is 31.4 Å². The summed E-state index contributed by atoms with van der Waals surface area (Å²) in [4.78, 5) is 43.4. The normalized spacial score (nSPS) is 17.1. The van der Waals surface area contributed by atoms with Crippen LogP contribution in [0, 0.1) is 26.0 Å². The zero-order valence-corrected chi connectivity index (χ0v) is 35.5. The number of aromatic nitrogens is 2. The SMILES string of the molecule is CNCCCCCl.CP(Cl)(=NCCCCCl)OCc1ccc([N+](=O)[O-])o1.O=[N+]([O-])c1ccc(COP(Cl)Cl)o1.O=c1[nH]c(=O)n([C@H]2CC(O)[C@@H](CO)O2)cc1F. The third-order valence-electron chi connectivity index (χ3n) is 6.73. The number of hydrogen-bond donors (Lipinski definition) is 4. The molecular weight excluding hydrogens is 899 g/mol. The molecule has 3 aromatic rings. The van der Waals surface area contributed by atoms with E-state index in [9.17, 15) is 39.3 Å². The summed E-state index contributed by atoms with van der Waals surface area (Å²) in [6.45, 7) is -0.753. The summed E-state index contributed by atoms with van der Waals surface area (Å²) in [6, 6.07) is 5.44. The number of H-pyrrole nitrogens is 1. The van der Waals surface area contributed by atoms with Gasteiger partial charge in [-0.05, 0) is 85.1 Å². The van der Waals surface area contributed by atoms with Crippen LogP contribution in [-0.2, 0) is 27.0 Å². The number of rotatable bonds is 18. The Kier molecular flexibility index (Phi) is 26.2. The molecule has 1 aliphatic heterocycles. The fourth-order valence-corrected chi connectivity index (χ4v) is 6.21. The van der Waals surface area contributed by atoms with Crippen molar-refractivity contribution in [2.24, 2.45) is 4.74 Å². The maximum absolute atomic E-state index is 13.0. The number of nitrogens with one attached hydrogen (secondary N) is 2. The smallest absolute Gasteiger partial charge is 0.403 e. The second kappa shape index (κ2) is 28.3. The standard InChI is InChI=1S/C10H15Cl2N2O4P.C9H11FN2O5.C5H4Cl2NO4P.C5H12ClN/c1-19(12,13-7-3-2-6-11)17-8-9-4-5-10(18-9)14(15)16;10-4-2-12(9(16)11-8(4)15)7-1-5(14)6(3-13)17-7;6-13(7)11-3-4-1-2-5(12-4)8(9)10;1-7-5-3-2-4-6/h4-5H,2-3,6-8H2,1H3;2,5-7,13-14H,1,3H2,(H,11,15,16);1-2H,3H2;7H,2-5H2,1H3/t;5?,6-,7-;;/m.1../s1. The minimum Gasteiger partial charge on any atom is -0.403 e. The quantitative estimate of drug-likeness (QED) is 0.0315. The van der Waals surface area contributed by atoms with Gasteiger partial charge in [-0.1, -0.05) is 0 Å². The lowest BCUT2D eigenvalue weighted by Crippen LogP contribution is -2.34. The topological polar surface area (TPSA) is 260 Å². The van der Waals surface area contributed by atoms with Crippen LogP contribution < -0.4 is 16.6 Å². The molecule has 1 aliphatic rings. The van der Waals surface area contributed by atoms with Crippen LogP contribution in [0.4, 0.5) is 16.2 Å². The number of furan rings is 2. The number of nitrogens with zero attached hydrogens (tertiary/aromatic N) is 4. The monoisotopic (exact) mass is 938 g/mol. The highest BCUT2D eigenvalue weighted by atomic mass is 35.9. The van der Waals surface area contributed by atoms with E-state index < -0.39 is 65.4 Å². The highest BCUT2D eigenvalue weighted by molar-refractivity contribution is 8.00. The van der Waals surface area contributed by atoms with Crippen LogP contribution in [0.2, 0.25) is 0 Å². The van der Waals surface area contributed by atoms with Gasteiger partial charge in [-0.2, -0.15) is 4.39 Å². The molecule has 0 bridgehead atoms. The van der Waals surface area contributed by atoms with E-state index in [-0.39, 0.29) is 31.4 Å². The molecule has 56 heavy (non-hydrogen) atoms. The molecule has 2 unspecified atom stereocenters. The van der Waals surface area contributed by atoms with E-state index in [1.807, 2.05) is 7.05 Å². The van der Waals surface area contributed by atoms with Gasteiger partial charge in [0.05, 0.1) is 31.0 Å². The summed E-state index contributed by atoms with van der Waals surface area (Å²) in [7, 11) is 1.95. The second-order valence-corrected chi connectivity index (χ2v) is 18.8. The molecule has 4 N–H and O–H groups in total. The number of aromatic amines is 1. The first-order valence-corrected chi connectivity index (χ1v) is 23.5. The first kappa shape index (κ1) is 51.9. The zero-order valence-electron chi connectivity index (χ0n) is 29.9. The average molecular weight is 941 g/mol. The van der Waals surface area contributed by atoms with Crippen molar-refractivity contribution in [2.45, 2.75) is 63.8 Å². The van der Waals surface area contributed by atoms with E-state index in [0.717, 1.165) is 42.5 Å². The number of hydrogen-bond acceptors (Lipinski definition) is 15. The molecule has 4 heterocycles. The Balaban J connectivity index is 0.000000392. The summed E-state index contributed by atoms with van der Waals surface area (Å²) >= 11 is 27.8. The molecule has 4 rings (SSSR count). The van der Waals surface area contributed by atoms with Crippen LogP contribution in [0.3, 0.4) is 0 Å². The van der Waals surface area contributed by atoms with Crippen molar-refractivity contribution < 1.29 is 47.1 Å². The van der Waals surface area contributed by atoms with Gasteiger partial charge in [0.2, 0.25) is 12.7 Å². The number of halogens is 6. The predicted octanol–water partition coefficient (Wildman–Crippen LogP) is 7.57. The lowest BCUT2D eigenvalue weighted by Gasteiger charge is -2.13. The van der Waals surface area contributed by atoms with Crippen molar-refractivity contribution >= 4 is 82.2 Å². The number of aliphatic hydroxyl groups is 2. The Morgan fingerprint density at radius 1 is 1.05 bits per heavy atom. The van der Waals surface area contributed by atoms with Crippen molar-refractivity contribution in [3.05, 3.63) is 88.9 Å². The predicted molar refractivity (Wildman–Crippen MR) is 212 cm³/mol. The van der Waals surface area contributed by atoms with Crippen molar-refractivity contribution in [2.75, 3.05) is 45.2 Å². The van der Waals surface area contributed by atoms with Crippen molar-refractivity contribution in [3.63, 3.8) is 0 Å². The van der Waals surface area contributed by atoms with Gasteiger partial charge in [-0.15, -0.1) is 23.2 Å². The Labute approximate surface area is 345 Å². The van der Waals surface area contributed by atoms with Gasteiger partial charge in [0.25, 0.3) is 5.56 Å². The van der Waals surface area contributed by atoms with E-state index in [1.54, 1.807) is 11.6 Å². The second-order valence-electron chi connectivity index (χ2n) is 11.0. The minimum absolute atomic E-state index is 0.0343. The third kappa shape index (κ3) is 21.0. The molecular formula is C29H42Cl5FN6O13P2. The number of ether oxygens (including phenoxy) is 1. The maximum Gasteiger partial charge on any atom is 0.433 e. The zero-order chi connectivity index (χ0) is 42.3. The van der Waals surface area contributed by atoms with Gasteiger partial charge < -0.3 is 38.1 Å². The Hall–Kier alpha value is -2.16. The molecule has 1 fully saturated rings. The number of unbranched alkanes of at least 4 members (excludes halogenated alkanes) is 2. The Bertz CT molecular complexity index is 1770. The van der Waals surface area contributed by atoms with Crippen molar-refractivity contribution in [1.29, 1.82) is 0 Å². The lowest BCUT2D eigenvalue weighted by molar-refractivity contribution is -0.402. The fourth-order valence-electron chi connectivity index (χ4n) is 4.00. The van der Waals surface area contributed by atoms with Gasteiger partial charge in [0.1, 0.15) is 46.9 Å². The summed E-state index contributed by atoms with van der Waals surface area (Å²) in [5, 5.41) is 42.0. The van der Waals surface area contributed by atoms with Gasteiger partial charge in [0.15, 0.2) is 6.63 Å². The molecule has 0 saturated carbocycles. The minimum atomic E-state index is -2.34. The number of alkyl halides is 2. The molecule has 0 aromatic carbocycles. The molecule has 318 valence electrons. The average Bonchev–Trinajstić information content (AvgIpc) is 3.91. The van der Waals surface area contributed by atoms with Gasteiger partial charge in [-0.3, -0.25) is 39.3 Å². The van der Waals surface area contributed by atoms with Crippen LogP contribution in [-0.4, -0.2) is 87.0 Å². The molecule has 1 saturated heterocycles. The van der Waals surface area contributed by atoms with Gasteiger partial charge >= 0.3 is 17.5 Å². The Morgan fingerprint density at radius 3 is 2.11 bits per heavy atom. The summed E-state index contributed by atoms with van der Waals surface area (Å²) in [5.74, 6) is 0.315. The molecule has 0 radical (unpaired) electrons. The van der Waals surface area contributed by atoms with Gasteiger partial charge in [-0.25, -0.2) is 4.79 Å². The van der Waals surface area contributed by atoms with Crippen molar-refractivity contribution in [3.8, 4) is 0 Å². The summed E-state index contributed by atoms with van der Waals surface area (Å²) in [5.41, 5.74) is -1.93. The van der Waals surface area contributed by atoms with Crippen LogP contribution in [0.25, 0.3) is 0 Å². The largest absolute Gasteiger partial charge is 0.433 e. The first-order chi connectivity index (χ1) is 26.5. The van der Waals surface area contributed by atoms with E-state index in [0.29, 0.717) is 23.9 Å². The van der Waals surface area contributed by atoms with E-state index in [4.69, 9.17) is 84.6 Å². The highest BCUT2D eigenvalue weighted by Gasteiger charge is 2.35. The van der Waals surface area contributed by atoms with Crippen LogP contribution in [0.15, 0.2) is 53.6 Å². The number of nitro groups is 2. The maximum atomic E-state index is 13.0. The van der Waals surface area contributed by atoms with Crippen LogP contribution in [0.1, 0.15) is 49.9 Å². The summed E-state index contributed by atoms with van der Waals surface area (Å²) < 4.78 is 43.3. The van der Waals surface area contributed by atoms with Crippen LogP contribution >= 0.6 is 70.4 Å². The first-order valence-electron chi connectivity index (χ1n) is 16.3. The molecule has 0 amide bonds. The molecule has 3 aromatic heterocycles. The molecule has 4 atom stereocenters. The molecule has 19 nitrogen and oxygen atoms in total. The van der Waals surface area contributed by atoms with E-state index in [2.05, 4.69) is 10.1 Å². The van der Waals surface area contributed by atoms with E-state index in [1.165, 1.54) is 30.7 Å². The van der Waals surface area contributed by atoms with Crippen LogP contribution in [0.5, 0.6) is 0 Å². The lowest BCUT2D eigenvalue weighted by atomic mass is 10.2. The van der Waals surface area contributed by atoms with Crippen molar-refractivity contribution in [1.82, 2.24) is 14.9 Å².